The van der Waals surface area contributed by atoms with Gasteiger partial charge in [0.25, 0.3) is 5.91 Å². The molecule has 4 rings (SSSR count). The summed E-state index contributed by atoms with van der Waals surface area (Å²) in [5, 5.41) is 0. The van der Waals surface area contributed by atoms with E-state index in [1.165, 1.54) is 17.2 Å². The molecule has 7 heteroatoms. The number of rotatable bonds is 5. The van der Waals surface area contributed by atoms with Gasteiger partial charge in [0, 0.05) is 31.6 Å². The molecule has 2 aromatic carbocycles. The topological polar surface area (TPSA) is 53.6 Å². The quantitative estimate of drug-likeness (QED) is 0.782. The third-order valence-electron chi connectivity index (χ3n) is 6.16. The van der Waals surface area contributed by atoms with Crippen molar-refractivity contribution in [1.82, 2.24) is 15.8 Å². The zero-order chi connectivity index (χ0) is 21.1. The lowest BCUT2D eigenvalue weighted by Gasteiger charge is -2.36. The Bertz CT molecular complexity index is 884. The minimum absolute atomic E-state index is 0.0687. The zero-order valence-corrected chi connectivity index (χ0v) is 17.0. The first-order valence-electron chi connectivity index (χ1n) is 10.4. The normalized spacial score (nSPS) is 22.5. The van der Waals surface area contributed by atoms with Crippen molar-refractivity contribution in [3.63, 3.8) is 0 Å². The van der Waals surface area contributed by atoms with Crippen LogP contribution in [0.3, 0.4) is 0 Å². The standard InChI is InChI=1S/C23H27F2N3O2/c1-15-5-4-6-17(13-15)19-14-26-27-21(19)16-9-11-28(12-10-16)22(29)18-7-2-3-8-20(18)30-23(24)25/h2-8,13,16,19,21,23,26-27H,9-12,14H2,1H3. The number of hydrogen-bond acceptors (Lipinski definition) is 4. The highest BCUT2D eigenvalue weighted by molar-refractivity contribution is 5.97. The van der Waals surface area contributed by atoms with Gasteiger partial charge in [0.2, 0.25) is 0 Å². The predicted molar refractivity (Wildman–Crippen MR) is 111 cm³/mol. The van der Waals surface area contributed by atoms with E-state index in [4.69, 9.17) is 0 Å². The van der Waals surface area contributed by atoms with Crippen molar-refractivity contribution >= 4 is 5.91 Å². The molecule has 30 heavy (non-hydrogen) atoms. The summed E-state index contributed by atoms with van der Waals surface area (Å²) in [7, 11) is 0. The Morgan fingerprint density at radius 2 is 1.90 bits per heavy atom. The fraction of sp³-hybridized carbons (Fsp3) is 0.435. The third kappa shape index (κ3) is 4.47. The maximum Gasteiger partial charge on any atom is 0.387 e. The highest BCUT2D eigenvalue weighted by Crippen LogP contribution is 2.33. The van der Waals surface area contributed by atoms with Crippen LogP contribution < -0.4 is 15.6 Å². The summed E-state index contributed by atoms with van der Waals surface area (Å²) in [5.74, 6) is 0.498. The minimum atomic E-state index is -2.95. The third-order valence-corrected chi connectivity index (χ3v) is 6.16. The number of benzene rings is 2. The number of halogens is 2. The number of nitrogens with one attached hydrogen (secondary N) is 2. The Hall–Kier alpha value is -2.51. The van der Waals surface area contributed by atoms with Crippen molar-refractivity contribution in [3.05, 3.63) is 65.2 Å². The van der Waals surface area contributed by atoms with Crippen LogP contribution in [-0.2, 0) is 0 Å². The van der Waals surface area contributed by atoms with Gasteiger partial charge in [-0.2, -0.15) is 8.78 Å². The van der Waals surface area contributed by atoms with Crippen molar-refractivity contribution in [1.29, 1.82) is 0 Å². The number of likely N-dealkylation sites (tertiary alicyclic amines) is 1. The van der Waals surface area contributed by atoms with Gasteiger partial charge >= 0.3 is 6.61 Å². The fourth-order valence-electron chi connectivity index (χ4n) is 4.66. The van der Waals surface area contributed by atoms with Crippen LogP contribution in [0.4, 0.5) is 8.78 Å². The molecule has 2 fully saturated rings. The van der Waals surface area contributed by atoms with Gasteiger partial charge in [0.15, 0.2) is 0 Å². The summed E-state index contributed by atoms with van der Waals surface area (Å²) in [6.07, 6.45) is 1.73. The molecule has 2 aliphatic rings. The number of alkyl halides is 2. The summed E-state index contributed by atoms with van der Waals surface area (Å²) in [6, 6.07) is 15.1. The summed E-state index contributed by atoms with van der Waals surface area (Å²) in [4.78, 5) is 14.7. The van der Waals surface area contributed by atoms with Crippen molar-refractivity contribution in [2.24, 2.45) is 5.92 Å². The summed E-state index contributed by atoms with van der Waals surface area (Å²) in [5.41, 5.74) is 9.52. The van der Waals surface area contributed by atoms with Gasteiger partial charge < -0.3 is 9.64 Å². The van der Waals surface area contributed by atoms with E-state index >= 15 is 0 Å². The van der Waals surface area contributed by atoms with Crippen LogP contribution in [0.5, 0.6) is 5.75 Å². The van der Waals surface area contributed by atoms with Gasteiger partial charge in [0.05, 0.1) is 5.56 Å². The van der Waals surface area contributed by atoms with E-state index in [1.54, 1.807) is 23.1 Å². The molecule has 5 nitrogen and oxygen atoms in total. The van der Waals surface area contributed by atoms with Crippen molar-refractivity contribution in [2.45, 2.75) is 38.3 Å². The maximum atomic E-state index is 12.9. The second-order valence-corrected chi connectivity index (χ2v) is 8.08. The Morgan fingerprint density at radius 1 is 1.13 bits per heavy atom. The minimum Gasteiger partial charge on any atom is -0.434 e. The molecule has 0 aromatic heterocycles. The van der Waals surface area contributed by atoms with Crippen LogP contribution in [0, 0.1) is 12.8 Å². The van der Waals surface area contributed by atoms with Crippen molar-refractivity contribution < 1.29 is 18.3 Å². The molecule has 1 amide bonds. The van der Waals surface area contributed by atoms with E-state index in [0.29, 0.717) is 31.0 Å². The van der Waals surface area contributed by atoms with E-state index in [-0.39, 0.29) is 17.2 Å². The van der Waals surface area contributed by atoms with Crippen LogP contribution >= 0.6 is 0 Å². The molecular formula is C23H27F2N3O2. The number of carbonyl (C=O) groups excluding carboxylic acids is 1. The van der Waals surface area contributed by atoms with Gasteiger partial charge in [-0.15, -0.1) is 0 Å². The number of carbonyl (C=O) groups is 1. The first-order chi connectivity index (χ1) is 14.5. The van der Waals surface area contributed by atoms with Gasteiger partial charge in [-0.25, -0.2) is 0 Å². The first-order valence-corrected chi connectivity index (χ1v) is 10.4. The molecule has 0 spiro atoms. The van der Waals surface area contributed by atoms with Gasteiger partial charge in [-0.3, -0.25) is 15.6 Å². The molecule has 2 unspecified atom stereocenters. The number of ether oxygens (including phenoxy) is 1. The molecule has 0 aliphatic carbocycles. The smallest absolute Gasteiger partial charge is 0.387 e. The summed E-state index contributed by atoms with van der Waals surface area (Å²) < 4.78 is 29.9. The number of aryl methyl sites for hydroxylation is 1. The molecule has 0 radical (unpaired) electrons. The lowest BCUT2D eigenvalue weighted by Crippen LogP contribution is -2.45. The van der Waals surface area contributed by atoms with Crippen LogP contribution in [0.1, 0.15) is 40.2 Å². The van der Waals surface area contributed by atoms with Crippen LogP contribution in [0.15, 0.2) is 48.5 Å². The Labute approximate surface area is 175 Å². The monoisotopic (exact) mass is 415 g/mol. The zero-order valence-electron chi connectivity index (χ0n) is 17.0. The molecule has 160 valence electrons. The largest absolute Gasteiger partial charge is 0.434 e. The number of amides is 1. The van der Waals surface area contributed by atoms with E-state index < -0.39 is 6.61 Å². The van der Waals surface area contributed by atoms with Crippen LogP contribution in [0.2, 0.25) is 0 Å². The van der Waals surface area contributed by atoms with Crippen LogP contribution in [0.25, 0.3) is 0 Å². The lowest BCUT2D eigenvalue weighted by atomic mass is 9.80. The van der Waals surface area contributed by atoms with Gasteiger partial charge in [-0.1, -0.05) is 42.0 Å². The Morgan fingerprint density at radius 3 is 2.63 bits per heavy atom. The molecule has 2 N–H and O–H groups in total. The second-order valence-electron chi connectivity index (χ2n) is 8.08. The summed E-state index contributed by atoms with van der Waals surface area (Å²) in [6.45, 7) is 1.24. The molecule has 2 saturated heterocycles. The average Bonchev–Trinajstić information content (AvgIpc) is 3.23. The molecule has 0 saturated carbocycles. The fourth-order valence-corrected chi connectivity index (χ4v) is 4.66. The molecular weight excluding hydrogens is 388 g/mol. The van der Waals surface area contributed by atoms with Gasteiger partial charge in [0.1, 0.15) is 5.75 Å². The summed E-state index contributed by atoms with van der Waals surface area (Å²) >= 11 is 0. The Kier molecular flexibility index (Phi) is 6.29. The highest BCUT2D eigenvalue weighted by Gasteiger charge is 2.37. The number of hydrazine groups is 1. The van der Waals surface area contributed by atoms with Crippen molar-refractivity contribution in [3.8, 4) is 5.75 Å². The number of para-hydroxylation sites is 1. The van der Waals surface area contributed by atoms with E-state index in [1.807, 2.05) is 0 Å². The molecule has 0 bridgehead atoms. The molecule has 2 atom stereocenters. The van der Waals surface area contributed by atoms with E-state index in [9.17, 15) is 13.6 Å². The highest BCUT2D eigenvalue weighted by atomic mass is 19.3. The average molecular weight is 415 g/mol. The number of hydrogen-bond donors (Lipinski definition) is 2. The molecule has 2 heterocycles. The SMILES string of the molecule is Cc1cccc(C2CNNC2C2CCN(C(=O)c3ccccc3OC(F)F)CC2)c1. The lowest BCUT2D eigenvalue weighted by molar-refractivity contribution is -0.0503. The predicted octanol–water partition coefficient (Wildman–Crippen LogP) is 3.71. The van der Waals surface area contributed by atoms with E-state index in [2.05, 4.69) is 46.8 Å². The van der Waals surface area contributed by atoms with Gasteiger partial charge in [-0.05, 0) is 43.4 Å². The Balaban J connectivity index is 1.41. The maximum absolute atomic E-state index is 12.9. The number of piperidine rings is 1. The molecule has 2 aromatic rings. The van der Waals surface area contributed by atoms with Crippen molar-refractivity contribution in [2.75, 3.05) is 19.6 Å². The van der Waals surface area contributed by atoms with Crippen LogP contribution in [-0.4, -0.2) is 43.1 Å². The number of nitrogens with zero attached hydrogens (tertiary/aromatic N) is 1. The first kappa shape index (κ1) is 20.8. The van der Waals surface area contributed by atoms with E-state index in [0.717, 1.165) is 19.4 Å². The molecule has 2 aliphatic heterocycles. The second kappa shape index (κ2) is 9.10.